The van der Waals surface area contributed by atoms with E-state index in [9.17, 15) is 9.59 Å². The molecule has 0 amide bonds. The molecule has 6 heteroatoms. The number of benzene rings is 1. The molecule has 0 fully saturated rings. The van der Waals surface area contributed by atoms with Crippen molar-refractivity contribution in [2.45, 2.75) is 6.54 Å². The van der Waals surface area contributed by atoms with Crippen LogP contribution in [0.15, 0.2) is 39.9 Å². The van der Waals surface area contributed by atoms with Crippen LogP contribution in [0.25, 0.3) is 0 Å². The SMILES string of the molecule is COc1cccc(Cn2c(=O)cc(Cl)[nH]c2=O)c1. The summed E-state index contributed by atoms with van der Waals surface area (Å²) in [6, 6.07) is 8.33. The molecule has 2 rings (SSSR count). The Morgan fingerprint density at radius 3 is 2.78 bits per heavy atom. The van der Waals surface area contributed by atoms with Crippen LogP contribution in [0.1, 0.15) is 5.56 Å². The summed E-state index contributed by atoms with van der Waals surface area (Å²) in [4.78, 5) is 25.6. The molecule has 1 N–H and O–H groups in total. The van der Waals surface area contributed by atoms with Crippen molar-refractivity contribution in [3.05, 3.63) is 61.9 Å². The van der Waals surface area contributed by atoms with Gasteiger partial charge in [0.15, 0.2) is 0 Å². The molecular formula is C12H11ClN2O3. The summed E-state index contributed by atoms with van der Waals surface area (Å²) in [7, 11) is 1.56. The van der Waals surface area contributed by atoms with Crippen molar-refractivity contribution >= 4 is 11.6 Å². The highest BCUT2D eigenvalue weighted by Crippen LogP contribution is 2.12. The van der Waals surface area contributed by atoms with Gasteiger partial charge in [-0.25, -0.2) is 4.79 Å². The van der Waals surface area contributed by atoms with Crippen LogP contribution in [-0.2, 0) is 6.54 Å². The average molecular weight is 267 g/mol. The zero-order valence-corrected chi connectivity index (χ0v) is 10.4. The quantitative estimate of drug-likeness (QED) is 0.851. The van der Waals surface area contributed by atoms with Gasteiger partial charge in [0.1, 0.15) is 10.9 Å². The van der Waals surface area contributed by atoms with E-state index >= 15 is 0 Å². The van der Waals surface area contributed by atoms with Gasteiger partial charge >= 0.3 is 5.69 Å². The molecule has 1 aromatic heterocycles. The first kappa shape index (κ1) is 12.4. The van der Waals surface area contributed by atoms with Gasteiger partial charge in [-0.05, 0) is 17.7 Å². The van der Waals surface area contributed by atoms with E-state index in [4.69, 9.17) is 16.3 Å². The molecule has 0 unspecified atom stereocenters. The Morgan fingerprint density at radius 1 is 1.33 bits per heavy atom. The number of nitrogens with zero attached hydrogens (tertiary/aromatic N) is 1. The van der Waals surface area contributed by atoms with Crippen molar-refractivity contribution in [3.63, 3.8) is 0 Å². The highest BCUT2D eigenvalue weighted by atomic mass is 35.5. The van der Waals surface area contributed by atoms with Crippen LogP contribution < -0.4 is 16.0 Å². The lowest BCUT2D eigenvalue weighted by atomic mass is 10.2. The molecule has 18 heavy (non-hydrogen) atoms. The van der Waals surface area contributed by atoms with E-state index in [0.717, 1.165) is 10.1 Å². The minimum Gasteiger partial charge on any atom is -0.497 e. The lowest BCUT2D eigenvalue weighted by Crippen LogP contribution is -2.34. The highest BCUT2D eigenvalue weighted by molar-refractivity contribution is 6.29. The van der Waals surface area contributed by atoms with Gasteiger partial charge in [0.2, 0.25) is 0 Å². The molecule has 5 nitrogen and oxygen atoms in total. The highest BCUT2D eigenvalue weighted by Gasteiger charge is 2.04. The number of nitrogens with one attached hydrogen (secondary N) is 1. The van der Waals surface area contributed by atoms with Crippen molar-refractivity contribution < 1.29 is 4.74 Å². The number of rotatable bonds is 3. The number of H-pyrrole nitrogens is 1. The number of hydrogen-bond donors (Lipinski definition) is 1. The maximum atomic E-state index is 11.6. The summed E-state index contributed by atoms with van der Waals surface area (Å²) in [5, 5.41) is 0.0342. The lowest BCUT2D eigenvalue weighted by Gasteiger charge is -2.06. The van der Waals surface area contributed by atoms with Gasteiger partial charge < -0.3 is 4.74 Å². The smallest absolute Gasteiger partial charge is 0.329 e. The van der Waals surface area contributed by atoms with E-state index in [0.29, 0.717) is 5.75 Å². The van der Waals surface area contributed by atoms with Crippen LogP contribution in [0.3, 0.4) is 0 Å². The molecule has 0 atom stereocenters. The largest absolute Gasteiger partial charge is 0.497 e. The van der Waals surface area contributed by atoms with E-state index < -0.39 is 11.2 Å². The predicted octanol–water partition coefficient (Wildman–Crippen LogP) is 1.25. The molecule has 1 heterocycles. The molecule has 0 aliphatic heterocycles. The summed E-state index contributed by atoms with van der Waals surface area (Å²) in [5.41, 5.74) is -0.175. The topological polar surface area (TPSA) is 64.1 Å². The molecule has 0 bridgehead atoms. The maximum absolute atomic E-state index is 11.6. The Labute approximate surface area is 108 Å². The zero-order valence-electron chi connectivity index (χ0n) is 9.64. The number of halogens is 1. The standard InChI is InChI=1S/C12H11ClN2O3/c1-18-9-4-2-3-8(5-9)7-15-11(16)6-10(13)14-12(15)17/h2-6H,7H2,1H3,(H,14,17). The second kappa shape index (κ2) is 5.10. The molecule has 0 aliphatic rings. The molecule has 94 valence electrons. The maximum Gasteiger partial charge on any atom is 0.329 e. The molecule has 0 spiro atoms. The predicted molar refractivity (Wildman–Crippen MR) is 68.4 cm³/mol. The first-order valence-electron chi connectivity index (χ1n) is 5.23. The monoisotopic (exact) mass is 266 g/mol. The normalized spacial score (nSPS) is 10.3. The van der Waals surface area contributed by atoms with E-state index in [-0.39, 0.29) is 11.7 Å². The first-order valence-corrected chi connectivity index (χ1v) is 5.60. The Kier molecular flexibility index (Phi) is 3.53. The number of hydrogen-bond acceptors (Lipinski definition) is 3. The Balaban J connectivity index is 2.40. The van der Waals surface area contributed by atoms with Crippen molar-refractivity contribution in [2.75, 3.05) is 7.11 Å². The van der Waals surface area contributed by atoms with Gasteiger partial charge in [0.05, 0.1) is 13.7 Å². The van der Waals surface area contributed by atoms with Crippen LogP contribution >= 0.6 is 11.6 Å². The van der Waals surface area contributed by atoms with Gasteiger partial charge in [-0.15, -0.1) is 0 Å². The molecule has 0 radical (unpaired) electrons. The third-order valence-corrected chi connectivity index (χ3v) is 2.67. The molecule has 1 aromatic carbocycles. The van der Waals surface area contributed by atoms with Crippen molar-refractivity contribution in [3.8, 4) is 5.75 Å². The van der Waals surface area contributed by atoms with Gasteiger partial charge in [-0.1, -0.05) is 23.7 Å². The van der Waals surface area contributed by atoms with Gasteiger partial charge in [0, 0.05) is 6.07 Å². The van der Waals surface area contributed by atoms with Gasteiger partial charge in [-0.3, -0.25) is 14.3 Å². The number of methoxy groups -OCH3 is 1. The second-order valence-corrected chi connectivity index (χ2v) is 4.11. The fourth-order valence-electron chi connectivity index (χ4n) is 1.60. The van der Waals surface area contributed by atoms with E-state index in [1.807, 2.05) is 6.07 Å². The summed E-state index contributed by atoms with van der Waals surface area (Å²) < 4.78 is 6.15. The van der Waals surface area contributed by atoms with Gasteiger partial charge in [0.25, 0.3) is 5.56 Å². The average Bonchev–Trinajstić information content (AvgIpc) is 2.34. The molecule has 0 saturated carbocycles. The van der Waals surface area contributed by atoms with Crippen LogP contribution in [0.2, 0.25) is 5.15 Å². The molecular weight excluding hydrogens is 256 g/mol. The third-order valence-electron chi connectivity index (χ3n) is 2.46. The lowest BCUT2D eigenvalue weighted by molar-refractivity contribution is 0.414. The fourth-order valence-corrected chi connectivity index (χ4v) is 1.77. The summed E-state index contributed by atoms with van der Waals surface area (Å²) in [5.74, 6) is 0.672. The van der Waals surface area contributed by atoms with Gasteiger partial charge in [-0.2, -0.15) is 0 Å². The number of aromatic nitrogens is 2. The van der Waals surface area contributed by atoms with E-state index in [1.165, 1.54) is 6.07 Å². The molecule has 0 aliphatic carbocycles. The minimum atomic E-state index is -0.532. The van der Waals surface area contributed by atoms with Crippen LogP contribution in [0, 0.1) is 0 Å². The second-order valence-electron chi connectivity index (χ2n) is 3.70. The number of aromatic amines is 1. The van der Waals surface area contributed by atoms with E-state index in [1.54, 1.807) is 25.3 Å². The summed E-state index contributed by atoms with van der Waals surface area (Å²) in [6.45, 7) is 0.169. The third kappa shape index (κ3) is 2.62. The van der Waals surface area contributed by atoms with Crippen molar-refractivity contribution in [1.82, 2.24) is 9.55 Å². The van der Waals surface area contributed by atoms with Crippen molar-refractivity contribution in [1.29, 1.82) is 0 Å². The summed E-state index contributed by atoms with van der Waals surface area (Å²) in [6.07, 6.45) is 0. The van der Waals surface area contributed by atoms with Crippen LogP contribution in [-0.4, -0.2) is 16.7 Å². The fraction of sp³-hybridized carbons (Fsp3) is 0.167. The Hall–Kier alpha value is -2.01. The van der Waals surface area contributed by atoms with E-state index in [2.05, 4.69) is 4.98 Å². The van der Waals surface area contributed by atoms with Crippen LogP contribution in [0.4, 0.5) is 0 Å². The Morgan fingerprint density at radius 2 is 2.11 bits per heavy atom. The zero-order chi connectivity index (χ0) is 13.1. The Bertz CT molecular complexity index is 644. The first-order chi connectivity index (χ1) is 8.60. The van der Waals surface area contributed by atoms with Crippen molar-refractivity contribution in [2.24, 2.45) is 0 Å². The molecule has 0 saturated heterocycles. The minimum absolute atomic E-state index is 0.0342. The number of ether oxygens (including phenoxy) is 1. The molecule has 2 aromatic rings. The summed E-state index contributed by atoms with van der Waals surface area (Å²) >= 11 is 5.58. The van der Waals surface area contributed by atoms with Crippen LogP contribution in [0.5, 0.6) is 5.75 Å².